The fourth-order valence-electron chi connectivity index (χ4n) is 15.8. The van der Waals surface area contributed by atoms with Crippen LogP contribution in [0.15, 0.2) is 264 Å². The lowest BCUT2D eigenvalue weighted by Gasteiger charge is -2.41. The molecule has 0 fully saturated rings. The molecule has 17 aromatic rings. The molecule has 0 N–H and O–H groups in total. The first-order valence-corrected chi connectivity index (χ1v) is 29.6. The zero-order chi connectivity index (χ0) is 55.6. The second kappa shape index (κ2) is 16.3. The Bertz CT molecular complexity index is 5540. The van der Waals surface area contributed by atoms with Gasteiger partial charge in [0.05, 0.1) is 44.2 Å². The van der Waals surface area contributed by atoms with Crippen LogP contribution < -0.4 is 42.3 Å². The van der Waals surface area contributed by atoms with Crippen LogP contribution >= 0.6 is 0 Å². The van der Waals surface area contributed by atoms with Gasteiger partial charge in [0.2, 0.25) is 0 Å². The first kappa shape index (κ1) is 45.3. The molecule has 0 radical (unpaired) electrons. The van der Waals surface area contributed by atoms with Crippen LogP contribution in [0.1, 0.15) is 0 Å². The number of hydrogen-bond acceptors (Lipinski definition) is 4. The standard InChI is InChI=1S/C78H42B2N2O4/c1-5-17-43(18-6-1)47-29-33-61-55(37-47)67-71-59(41-53-51-25-13-15-27-63(51)83-75(53)67)79-57-39-49(45-21-9-3-10-22-45)31-35-65(57)86-78-69(79)73(81(61)71)77-70-74(78)82-62-34-30-48(44-19-7-2-8-20-44)38-56(62)68-72(82)60(42-54-52-26-14-16-28-64(52)84-76(54)68)80(70)58-40-50(32-36-66(58)85-77)46-23-11-4-12-24-46/h1-42H. The highest BCUT2D eigenvalue weighted by Crippen LogP contribution is 2.52. The van der Waals surface area contributed by atoms with E-state index in [-0.39, 0.29) is 13.4 Å². The van der Waals surface area contributed by atoms with E-state index in [0.29, 0.717) is 0 Å². The van der Waals surface area contributed by atoms with Gasteiger partial charge in [-0.05, 0) is 115 Å². The Morgan fingerprint density at radius 1 is 0.279 bits per heavy atom. The largest absolute Gasteiger partial charge is 0.456 e. The summed E-state index contributed by atoms with van der Waals surface area (Å²) in [6, 6.07) is 92.5. The second-order valence-corrected chi connectivity index (χ2v) is 23.7. The lowest BCUT2D eigenvalue weighted by atomic mass is 9.31. The van der Waals surface area contributed by atoms with Crippen molar-refractivity contribution < 1.29 is 18.3 Å². The lowest BCUT2D eigenvalue weighted by Crippen LogP contribution is -2.63. The summed E-state index contributed by atoms with van der Waals surface area (Å²) < 4.78 is 35.3. The van der Waals surface area contributed by atoms with E-state index in [1.807, 2.05) is 0 Å². The molecule has 21 rings (SSSR count). The van der Waals surface area contributed by atoms with Crippen molar-refractivity contribution in [1.29, 1.82) is 0 Å². The Kier molecular flexibility index (Phi) is 8.60. The van der Waals surface area contributed by atoms with E-state index >= 15 is 0 Å². The number of hydrogen-bond donors (Lipinski definition) is 0. The van der Waals surface area contributed by atoms with Gasteiger partial charge in [-0.3, -0.25) is 0 Å². The number of fused-ring (bicyclic) bond motifs is 24. The maximum absolute atomic E-state index is 7.95. The van der Waals surface area contributed by atoms with Gasteiger partial charge in [0, 0.05) is 43.2 Å². The highest BCUT2D eigenvalue weighted by atomic mass is 16.5. The number of para-hydroxylation sites is 2. The first-order chi connectivity index (χ1) is 42.7. The van der Waals surface area contributed by atoms with Gasteiger partial charge in [0.25, 0.3) is 13.4 Å². The molecule has 8 heteroatoms. The van der Waals surface area contributed by atoms with Crippen LogP contribution in [0.25, 0.3) is 143 Å². The number of benzene rings is 13. The summed E-state index contributed by atoms with van der Waals surface area (Å²) in [5.41, 5.74) is 25.5. The Morgan fingerprint density at radius 3 is 1.05 bits per heavy atom. The molecule has 0 unspecified atom stereocenters. The van der Waals surface area contributed by atoms with E-state index in [2.05, 4.69) is 264 Å². The number of rotatable bonds is 4. The molecule has 6 nitrogen and oxygen atoms in total. The van der Waals surface area contributed by atoms with Crippen molar-refractivity contribution in [2.24, 2.45) is 0 Å². The van der Waals surface area contributed by atoms with Gasteiger partial charge >= 0.3 is 0 Å². The molecule has 0 bridgehead atoms. The minimum atomic E-state index is -0.315. The fraction of sp³-hybridized carbons (Fsp3) is 0. The zero-order valence-electron chi connectivity index (χ0n) is 45.9. The van der Waals surface area contributed by atoms with Crippen molar-refractivity contribution in [3.8, 4) is 78.9 Å². The molecule has 13 aromatic carbocycles. The van der Waals surface area contributed by atoms with Crippen molar-refractivity contribution in [1.82, 2.24) is 9.13 Å². The Morgan fingerprint density at radius 2 is 0.640 bits per heavy atom. The van der Waals surface area contributed by atoms with Gasteiger partial charge in [-0.1, -0.05) is 206 Å². The Hall–Kier alpha value is -11.2. The molecule has 4 aliphatic heterocycles. The van der Waals surface area contributed by atoms with Crippen LogP contribution in [0.4, 0.5) is 0 Å². The second-order valence-electron chi connectivity index (χ2n) is 23.7. The monoisotopic (exact) mass is 1090 g/mol. The summed E-state index contributed by atoms with van der Waals surface area (Å²) in [4.78, 5) is 0. The van der Waals surface area contributed by atoms with Gasteiger partial charge < -0.3 is 27.4 Å². The summed E-state index contributed by atoms with van der Waals surface area (Å²) in [7, 11) is 0. The average molecular weight is 1090 g/mol. The van der Waals surface area contributed by atoms with Crippen LogP contribution in [-0.4, -0.2) is 22.6 Å². The molecule has 8 heterocycles. The number of ether oxygens (including phenoxy) is 2. The lowest BCUT2D eigenvalue weighted by molar-refractivity contribution is 0.472. The first-order valence-electron chi connectivity index (χ1n) is 29.6. The zero-order valence-corrected chi connectivity index (χ0v) is 45.9. The molecule has 0 aliphatic carbocycles. The third-order valence-electron chi connectivity index (χ3n) is 19.4. The van der Waals surface area contributed by atoms with Crippen molar-refractivity contribution in [2.45, 2.75) is 0 Å². The van der Waals surface area contributed by atoms with Crippen LogP contribution in [0, 0.1) is 0 Å². The van der Waals surface area contributed by atoms with Gasteiger partial charge in [-0.15, -0.1) is 0 Å². The smallest absolute Gasteiger partial charge is 0.256 e. The molecule has 4 aromatic heterocycles. The maximum atomic E-state index is 7.95. The van der Waals surface area contributed by atoms with Crippen molar-refractivity contribution in [3.63, 3.8) is 0 Å². The molecule has 0 saturated heterocycles. The quantitative estimate of drug-likeness (QED) is 0.165. The summed E-state index contributed by atoms with van der Waals surface area (Å²) in [6.07, 6.45) is 0. The van der Waals surface area contributed by atoms with E-state index < -0.39 is 0 Å². The van der Waals surface area contributed by atoms with Gasteiger partial charge in [-0.2, -0.15) is 0 Å². The predicted molar refractivity (Wildman–Crippen MR) is 354 cm³/mol. The molecule has 86 heavy (non-hydrogen) atoms. The van der Waals surface area contributed by atoms with Crippen molar-refractivity contribution in [3.05, 3.63) is 255 Å². The third-order valence-corrected chi connectivity index (χ3v) is 19.4. The summed E-state index contributed by atoms with van der Waals surface area (Å²) in [5.74, 6) is 3.28. The fourth-order valence-corrected chi connectivity index (χ4v) is 15.8. The summed E-state index contributed by atoms with van der Waals surface area (Å²) >= 11 is 0. The van der Waals surface area contributed by atoms with Gasteiger partial charge in [-0.25, -0.2) is 0 Å². The summed E-state index contributed by atoms with van der Waals surface area (Å²) in [6.45, 7) is -0.629. The van der Waals surface area contributed by atoms with Crippen LogP contribution in [-0.2, 0) is 0 Å². The van der Waals surface area contributed by atoms with Crippen LogP contribution in [0.5, 0.6) is 23.0 Å². The van der Waals surface area contributed by atoms with Gasteiger partial charge in [0.15, 0.2) is 0 Å². The summed E-state index contributed by atoms with van der Waals surface area (Å²) in [5, 5.41) is 8.71. The molecule has 4 aliphatic rings. The molecule has 0 amide bonds. The predicted octanol–water partition coefficient (Wildman–Crippen LogP) is 16.2. The molecule has 0 atom stereocenters. The minimum Gasteiger partial charge on any atom is -0.456 e. The normalized spacial score (nSPS) is 13.3. The van der Waals surface area contributed by atoms with E-state index in [1.54, 1.807) is 0 Å². The molecular weight excluding hydrogens is 1050 g/mol. The topological polar surface area (TPSA) is 54.6 Å². The Balaban J connectivity index is 0.978. The number of aromatic nitrogens is 2. The highest BCUT2D eigenvalue weighted by molar-refractivity contribution is 7.02. The molecular formula is C78H42B2N2O4. The van der Waals surface area contributed by atoms with E-state index in [0.717, 1.165) is 188 Å². The van der Waals surface area contributed by atoms with E-state index in [1.165, 1.54) is 10.9 Å². The van der Waals surface area contributed by atoms with Crippen molar-refractivity contribution in [2.75, 3.05) is 0 Å². The highest BCUT2D eigenvalue weighted by Gasteiger charge is 2.51. The Labute approximate surface area is 492 Å². The molecule has 0 spiro atoms. The molecule has 394 valence electrons. The van der Waals surface area contributed by atoms with E-state index in [4.69, 9.17) is 18.3 Å². The SMILES string of the molecule is c1ccc(-c2ccc3c(c2)B2c4c(c5c6c(c4-n4c7ccc(-c8ccccc8)cc7c7c8oc9ccccc9c8cc2c74)Oc2ccc(-c4ccccc4)cc2B6c2cc4c6ccccc6oc4c4c6cc(-c7ccccc7)ccc6n-5c24)O3)cc1. The van der Waals surface area contributed by atoms with E-state index in [9.17, 15) is 0 Å². The van der Waals surface area contributed by atoms with Crippen LogP contribution in [0.2, 0.25) is 0 Å². The maximum Gasteiger partial charge on any atom is 0.256 e. The third kappa shape index (κ3) is 5.78. The average Bonchev–Trinajstić information content (AvgIpc) is 1.35. The van der Waals surface area contributed by atoms with Gasteiger partial charge in [0.1, 0.15) is 45.3 Å². The number of nitrogens with zero attached hydrogens (tertiary/aromatic N) is 2. The minimum absolute atomic E-state index is 0.315. The molecule has 0 saturated carbocycles. The number of furan rings is 2. The van der Waals surface area contributed by atoms with Crippen molar-refractivity contribution >= 4 is 134 Å². The van der Waals surface area contributed by atoms with Crippen LogP contribution in [0.3, 0.4) is 0 Å².